The van der Waals surface area contributed by atoms with Gasteiger partial charge in [0.2, 0.25) is 0 Å². The molecular formula is C57H30F3NO5S3. The van der Waals surface area contributed by atoms with Gasteiger partial charge in [0.05, 0.1) is 5.69 Å². The van der Waals surface area contributed by atoms with E-state index in [1.165, 1.54) is 12.1 Å². The van der Waals surface area contributed by atoms with Crippen LogP contribution < -0.4 is 9.08 Å². The molecule has 0 atom stereocenters. The fraction of sp³-hybridized carbons (Fsp3) is 0.0175. The molecule has 0 amide bonds. The van der Waals surface area contributed by atoms with Crippen LogP contribution in [0, 0.1) is 0 Å². The molecule has 6 nitrogen and oxygen atoms in total. The van der Waals surface area contributed by atoms with E-state index in [1.54, 1.807) is 22.7 Å². The van der Waals surface area contributed by atoms with Crippen molar-refractivity contribution in [2.75, 3.05) is 4.90 Å². The van der Waals surface area contributed by atoms with E-state index in [0.717, 1.165) is 89.4 Å². The number of fused-ring (bicyclic) bond motifs is 16. The summed E-state index contributed by atoms with van der Waals surface area (Å²) in [5.41, 5.74) is -0.375. The van der Waals surface area contributed by atoms with Gasteiger partial charge in [-0.05, 0) is 101 Å². The molecule has 0 fully saturated rings. The largest absolute Gasteiger partial charge is 0.534 e. The Kier molecular flexibility index (Phi) is 8.48. The zero-order valence-corrected chi connectivity index (χ0v) is 38.1. The van der Waals surface area contributed by atoms with E-state index in [9.17, 15) is 21.6 Å². The zero-order valence-electron chi connectivity index (χ0n) is 35.7. The lowest BCUT2D eigenvalue weighted by atomic mass is 9.95. The van der Waals surface area contributed by atoms with Gasteiger partial charge in [-0.2, -0.15) is 21.6 Å². The number of thiophene rings is 2. The minimum Gasteiger partial charge on any atom is -0.455 e. The van der Waals surface area contributed by atoms with Gasteiger partial charge in [-0.25, -0.2) is 0 Å². The summed E-state index contributed by atoms with van der Waals surface area (Å²) in [7, 11) is -6.10. The average molecular weight is 962 g/mol. The van der Waals surface area contributed by atoms with E-state index in [1.807, 2.05) is 102 Å². The third-order valence-electron chi connectivity index (χ3n) is 13.2. The van der Waals surface area contributed by atoms with E-state index < -0.39 is 21.4 Å². The number of hydrogen-bond donors (Lipinski definition) is 0. The number of alkyl halides is 3. The summed E-state index contributed by atoms with van der Waals surface area (Å²) < 4.78 is 91.4. The second kappa shape index (κ2) is 14.6. The molecule has 0 aliphatic heterocycles. The number of nitrogens with zero attached hydrogens (tertiary/aromatic N) is 1. The molecule has 14 aromatic rings. The highest BCUT2D eigenvalue weighted by molar-refractivity contribution is 7.88. The lowest BCUT2D eigenvalue weighted by Gasteiger charge is -2.26. The Bertz CT molecular complexity index is 4510. The lowest BCUT2D eigenvalue weighted by Crippen LogP contribution is -2.28. The first-order chi connectivity index (χ1) is 33.5. The van der Waals surface area contributed by atoms with Crippen molar-refractivity contribution in [3.05, 3.63) is 182 Å². The summed E-state index contributed by atoms with van der Waals surface area (Å²) in [4.78, 5) is 1.90. The number of hydrogen-bond acceptors (Lipinski definition) is 8. The van der Waals surface area contributed by atoms with Crippen LogP contribution >= 0.6 is 22.7 Å². The minimum absolute atomic E-state index is 0.271. The highest BCUT2D eigenvalue weighted by Crippen LogP contribution is 2.50. The van der Waals surface area contributed by atoms with Gasteiger partial charge in [-0.3, -0.25) is 0 Å². The summed E-state index contributed by atoms with van der Waals surface area (Å²) in [6.07, 6.45) is 0. The smallest absolute Gasteiger partial charge is 0.455 e. The predicted molar refractivity (Wildman–Crippen MR) is 278 cm³/mol. The topological polar surface area (TPSA) is 72.9 Å². The highest BCUT2D eigenvalue weighted by Gasteiger charge is 2.48. The van der Waals surface area contributed by atoms with E-state index in [0.29, 0.717) is 38.9 Å². The molecule has 69 heavy (non-hydrogen) atoms. The van der Waals surface area contributed by atoms with Gasteiger partial charge in [0.25, 0.3) is 0 Å². The molecule has 0 aliphatic carbocycles. The molecule has 4 aromatic heterocycles. The van der Waals surface area contributed by atoms with Crippen LogP contribution in [0.2, 0.25) is 0 Å². The van der Waals surface area contributed by atoms with Crippen LogP contribution in [0.4, 0.5) is 30.2 Å². The molecule has 0 saturated carbocycles. The number of furan rings is 2. The molecule has 0 spiro atoms. The van der Waals surface area contributed by atoms with Gasteiger partial charge in [0, 0.05) is 90.3 Å². The first-order valence-electron chi connectivity index (χ1n) is 21.9. The molecule has 0 saturated heterocycles. The van der Waals surface area contributed by atoms with Crippen molar-refractivity contribution in [1.82, 2.24) is 0 Å². The maximum Gasteiger partial charge on any atom is 0.534 e. The van der Waals surface area contributed by atoms with E-state index in [-0.39, 0.29) is 5.69 Å². The summed E-state index contributed by atoms with van der Waals surface area (Å²) in [5, 5.41) is 10.9. The third-order valence-corrected chi connectivity index (χ3v) is 16.4. The van der Waals surface area contributed by atoms with Crippen molar-refractivity contribution < 1.29 is 34.6 Å². The van der Waals surface area contributed by atoms with Gasteiger partial charge in [0.15, 0.2) is 5.58 Å². The lowest BCUT2D eigenvalue weighted by molar-refractivity contribution is -0.0500. The Labute approximate surface area is 397 Å². The third kappa shape index (κ3) is 6.12. The molecule has 0 N–H and O–H groups in total. The number of anilines is 3. The minimum atomic E-state index is -6.10. The first-order valence-corrected chi connectivity index (χ1v) is 25.0. The number of benzene rings is 10. The Balaban J connectivity index is 1.05. The molecule has 0 unspecified atom stereocenters. The van der Waals surface area contributed by atoms with Crippen molar-refractivity contribution in [2.24, 2.45) is 0 Å². The molecule has 0 radical (unpaired) electrons. The van der Waals surface area contributed by atoms with Crippen LogP contribution in [0.5, 0.6) is 5.75 Å². The summed E-state index contributed by atoms with van der Waals surface area (Å²) in [6.45, 7) is 0. The Morgan fingerprint density at radius 3 is 1.75 bits per heavy atom. The van der Waals surface area contributed by atoms with E-state index in [4.69, 9.17) is 13.0 Å². The molecule has 14 rings (SSSR count). The number of halogens is 3. The van der Waals surface area contributed by atoms with Crippen LogP contribution in [0.3, 0.4) is 0 Å². The van der Waals surface area contributed by atoms with Gasteiger partial charge in [-0.15, -0.1) is 22.7 Å². The molecule has 10 aromatic carbocycles. The highest BCUT2D eigenvalue weighted by atomic mass is 32.2. The first kappa shape index (κ1) is 40.2. The van der Waals surface area contributed by atoms with Crippen LogP contribution in [0.25, 0.3) is 117 Å². The van der Waals surface area contributed by atoms with Crippen molar-refractivity contribution in [3.63, 3.8) is 0 Å². The normalized spacial score (nSPS) is 12.7. The zero-order chi connectivity index (χ0) is 46.3. The summed E-state index contributed by atoms with van der Waals surface area (Å²) >= 11 is 3.32. The predicted octanol–water partition coefficient (Wildman–Crippen LogP) is 17.9. The molecule has 0 bridgehead atoms. The Morgan fingerprint density at radius 1 is 0.464 bits per heavy atom. The number of rotatable bonds is 6. The Hall–Kier alpha value is -7.90. The fourth-order valence-corrected chi connectivity index (χ4v) is 12.7. The molecule has 332 valence electrons. The maximum atomic E-state index is 14.2. The molecule has 12 heteroatoms. The maximum absolute atomic E-state index is 14.2. The second-order valence-electron chi connectivity index (χ2n) is 17.1. The monoisotopic (exact) mass is 961 g/mol. The van der Waals surface area contributed by atoms with Gasteiger partial charge >= 0.3 is 15.6 Å². The molecule has 4 heterocycles. The molecule has 0 aliphatic rings. The summed E-state index contributed by atoms with van der Waals surface area (Å²) in [6, 6.07) is 59.1. The van der Waals surface area contributed by atoms with E-state index >= 15 is 0 Å². The fourth-order valence-electron chi connectivity index (χ4n) is 10.1. The summed E-state index contributed by atoms with van der Waals surface area (Å²) in [5.74, 6) is -0.533. The van der Waals surface area contributed by atoms with Crippen LogP contribution in [0.1, 0.15) is 0 Å². The second-order valence-corrected chi connectivity index (χ2v) is 20.8. The molecular weight excluding hydrogens is 932 g/mol. The van der Waals surface area contributed by atoms with Gasteiger partial charge < -0.3 is 17.9 Å². The SMILES string of the molecule is O=S(=O)(Oc1cc(N(c2ccc3sc4ccccc4c3c2)c2ccc3sc4ccccc4c3c2)c2oc3ccc(-c4cc5ccccc5c5c4oc4c6ccccc6ccc45)cc3c2c1)C(F)(F)F. The van der Waals surface area contributed by atoms with Crippen molar-refractivity contribution in [3.8, 4) is 16.9 Å². The van der Waals surface area contributed by atoms with Gasteiger partial charge in [0.1, 0.15) is 22.5 Å². The van der Waals surface area contributed by atoms with Gasteiger partial charge in [-0.1, -0.05) is 97.1 Å². The Morgan fingerprint density at radius 2 is 1.07 bits per heavy atom. The van der Waals surface area contributed by atoms with Crippen molar-refractivity contribution in [1.29, 1.82) is 0 Å². The quantitative estimate of drug-likeness (QED) is 0.122. The van der Waals surface area contributed by atoms with Crippen LogP contribution in [-0.4, -0.2) is 13.9 Å². The van der Waals surface area contributed by atoms with Crippen LogP contribution in [-0.2, 0) is 10.1 Å². The average Bonchev–Trinajstić information content (AvgIpc) is 4.14. The van der Waals surface area contributed by atoms with E-state index in [2.05, 4.69) is 72.8 Å². The van der Waals surface area contributed by atoms with Crippen molar-refractivity contribution in [2.45, 2.75) is 5.51 Å². The standard InChI is InChI=1S/C57H30F3NO5S3/c58-57(59,60)69(62,63)66-36-29-46-43-26-33(42-25-32-10-2-3-11-37(32)53-41-21-17-31-9-1-4-12-38(31)54(41)65-56(42)53)18-22-48(43)64-55(46)47(30-36)61(34-19-23-51-44(27-34)39-13-5-7-15-49(39)67-51)35-20-24-52-45(28-35)40-14-6-8-16-50(40)68-52/h1-30H. The van der Waals surface area contributed by atoms with Crippen LogP contribution in [0.15, 0.2) is 191 Å². The van der Waals surface area contributed by atoms with Crippen molar-refractivity contribution >= 4 is 156 Å².